The molecule has 0 aliphatic rings. The Morgan fingerprint density at radius 3 is 2.50 bits per heavy atom. The van der Waals surface area contributed by atoms with Crippen molar-refractivity contribution in [3.8, 4) is 0 Å². The van der Waals surface area contributed by atoms with Gasteiger partial charge in [-0.1, -0.05) is 15.9 Å². The molecule has 0 radical (unpaired) electrons. The van der Waals surface area contributed by atoms with Crippen LogP contribution in [-0.4, -0.2) is 18.4 Å². The summed E-state index contributed by atoms with van der Waals surface area (Å²) < 4.78 is 27.0. The summed E-state index contributed by atoms with van der Waals surface area (Å²) in [5.74, 6) is -0.000168. The molecule has 2 aromatic rings. The number of benzene rings is 1. The van der Waals surface area contributed by atoms with E-state index in [2.05, 4.69) is 30.6 Å². The normalized spacial score (nSPS) is 11.2. The van der Waals surface area contributed by atoms with Gasteiger partial charge in [0.2, 0.25) is 5.95 Å². The van der Waals surface area contributed by atoms with Gasteiger partial charge < -0.3 is 5.73 Å². The summed E-state index contributed by atoms with van der Waals surface area (Å²) in [6.07, 6.45) is 2.88. The lowest BCUT2D eigenvalue weighted by molar-refractivity contribution is 0.601. The number of hydrogen-bond acceptors (Lipinski definition) is 5. The summed E-state index contributed by atoms with van der Waals surface area (Å²) in [6.45, 7) is 0. The Hall–Kier alpha value is -1.67. The Labute approximate surface area is 112 Å². The molecule has 3 N–H and O–H groups in total. The average Bonchev–Trinajstić information content (AvgIpc) is 2.29. The average molecular weight is 329 g/mol. The third kappa shape index (κ3) is 2.77. The zero-order valence-electron chi connectivity index (χ0n) is 9.04. The first-order valence-electron chi connectivity index (χ1n) is 4.84. The third-order valence-electron chi connectivity index (χ3n) is 2.05. The van der Waals surface area contributed by atoms with E-state index in [9.17, 15) is 8.42 Å². The molecule has 0 fully saturated rings. The number of nitrogens with one attached hydrogen (secondary N) is 1. The van der Waals surface area contributed by atoms with E-state index in [1.54, 1.807) is 12.1 Å². The van der Waals surface area contributed by atoms with E-state index in [0.717, 1.165) is 0 Å². The van der Waals surface area contributed by atoms with Crippen LogP contribution in [0.1, 0.15) is 0 Å². The van der Waals surface area contributed by atoms with Crippen LogP contribution in [0.25, 0.3) is 0 Å². The summed E-state index contributed by atoms with van der Waals surface area (Å²) in [6, 6.07) is 6.10. The van der Waals surface area contributed by atoms with Crippen LogP contribution < -0.4 is 10.5 Å². The Bertz CT molecular complexity index is 661. The van der Waals surface area contributed by atoms with E-state index in [4.69, 9.17) is 5.73 Å². The standard InChI is InChI=1S/C10H9BrN4O2S/c11-7-2-3-9(8(12)6-7)18(16,17)15-10-13-4-1-5-14-10/h1-6H,12H2,(H,13,14,15). The molecule has 1 aromatic heterocycles. The van der Waals surface area contributed by atoms with Crippen molar-refractivity contribution in [3.63, 3.8) is 0 Å². The number of sulfonamides is 1. The molecule has 0 saturated carbocycles. The predicted molar refractivity (Wildman–Crippen MR) is 71.4 cm³/mol. The van der Waals surface area contributed by atoms with Gasteiger partial charge in [-0.3, -0.25) is 0 Å². The van der Waals surface area contributed by atoms with Gasteiger partial charge in [0.1, 0.15) is 4.90 Å². The molecule has 6 nitrogen and oxygen atoms in total. The minimum atomic E-state index is -3.78. The SMILES string of the molecule is Nc1cc(Br)ccc1S(=O)(=O)Nc1ncccn1. The quantitative estimate of drug-likeness (QED) is 0.834. The Morgan fingerprint density at radius 1 is 1.22 bits per heavy atom. The molecule has 0 amide bonds. The van der Waals surface area contributed by atoms with Crippen LogP contribution in [0.2, 0.25) is 0 Å². The van der Waals surface area contributed by atoms with Gasteiger partial charge in [0.15, 0.2) is 0 Å². The topological polar surface area (TPSA) is 98.0 Å². The molecule has 18 heavy (non-hydrogen) atoms. The highest BCUT2D eigenvalue weighted by molar-refractivity contribution is 9.10. The van der Waals surface area contributed by atoms with Gasteiger partial charge in [-0.05, 0) is 24.3 Å². The molecule has 1 heterocycles. The van der Waals surface area contributed by atoms with Crippen LogP contribution in [0.5, 0.6) is 0 Å². The highest BCUT2D eigenvalue weighted by Crippen LogP contribution is 2.23. The lowest BCUT2D eigenvalue weighted by atomic mass is 10.3. The highest BCUT2D eigenvalue weighted by Gasteiger charge is 2.18. The maximum absolute atomic E-state index is 12.0. The van der Waals surface area contributed by atoms with Gasteiger partial charge in [-0.25, -0.2) is 23.1 Å². The Kier molecular flexibility index (Phi) is 3.48. The van der Waals surface area contributed by atoms with Crippen molar-refractivity contribution in [1.29, 1.82) is 0 Å². The molecule has 0 spiro atoms. The van der Waals surface area contributed by atoms with Crippen molar-refractivity contribution in [1.82, 2.24) is 9.97 Å². The van der Waals surface area contributed by atoms with Gasteiger partial charge in [0.25, 0.3) is 10.0 Å². The second-order valence-electron chi connectivity index (χ2n) is 3.36. The van der Waals surface area contributed by atoms with E-state index in [0.29, 0.717) is 4.47 Å². The van der Waals surface area contributed by atoms with Crippen LogP contribution in [0.4, 0.5) is 11.6 Å². The van der Waals surface area contributed by atoms with E-state index in [1.807, 2.05) is 0 Å². The first-order chi connectivity index (χ1) is 8.49. The molecule has 1 aromatic carbocycles. The molecule has 0 bridgehead atoms. The fourth-order valence-corrected chi connectivity index (χ4v) is 2.74. The fraction of sp³-hybridized carbons (Fsp3) is 0. The van der Waals surface area contributed by atoms with Crippen LogP contribution in [0.3, 0.4) is 0 Å². The van der Waals surface area contributed by atoms with Crippen LogP contribution in [-0.2, 0) is 10.0 Å². The van der Waals surface area contributed by atoms with E-state index in [-0.39, 0.29) is 16.5 Å². The maximum atomic E-state index is 12.0. The molecular formula is C10H9BrN4O2S. The second-order valence-corrected chi connectivity index (χ2v) is 5.93. The number of rotatable bonds is 3. The number of nitrogens with two attached hydrogens (primary N) is 1. The number of aromatic nitrogens is 2. The summed E-state index contributed by atoms with van der Waals surface area (Å²) in [4.78, 5) is 7.55. The zero-order chi connectivity index (χ0) is 13.2. The molecule has 0 aliphatic carbocycles. The van der Waals surface area contributed by atoms with Crippen molar-refractivity contribution in [3.05, 3.63) is 41.1 Å². The Morgan fingerprint density at radius 2 is 1.89 bits per heavy atom. The molecule has 8 heteroatoms. The fourth-order valence-electron chi connectivity index (χ4n) is 1.29. The number of halogens is 1. The van der Waals surface area contributed by atoms with Crippen molar-refractivity contribution >= 4 is 37.6 Å². The minimum Gasteiger partial charge on any atom is -0.398 e. The van der Waals surface area contributed by atoms with Crippen LogP contribution in [0.15, 0.2) is 46.0 Å². The van der Waals surface area contributed by atoms with Crippen LogP contribution >= 0.6 is 15.9 Å². The van der Waals surface area contributed by atoms with Crippen molar-refractivity contribution in [2.75, 3.05) is 10.5 Å². The summed E-state index contributed by atoms with van der Waals surface area (Å²) >= 11 is 3.21. The molecule has 0 unspecified atom stereocenters. The summed E-state index contributed by atoms with van der Waals surface area (Å²) in [7, 11) is -3.78. The molecule has 0 atom stereocenters. The molecule has 94 valence electrons. The van der Waals surface area contributed by atoms with Gasteiger partial charge in [0.05, 0.1) is 5.69 Å². The second kappa shape index (κ2) is 4.91. The summed E-state index contributed by atoms with van der Waals surface area (Å²) in [5, 5.41) is 0. The maximum Gasteiger partial charge on any atom is 0.266 e. The lowest BCUT2D eigenvalue weighted by Crippen LogP contribution is -2.16. The minimum absolute atomic E-state index is 0.000168. The van der Waals surface area contributed by atoms with Gasteiger partial charge >= 0.3 is 0 Å². The van der Waals surface area contributed by atoms with Crippen molar-refractivity contribution in [2.24, 2.45) is 0 Å². The first-order valence-corrected chi connectivity index (χ1v) is 7.11. The highest BCUT2D eigenvalue weighted by atomic mass is 79.9. The van der Waals surface area contributed by atoms with E-state index < -0.39 is 10.0 Å². The largest absolute Gasteiger partial charge is 0.398 e. The van der Waals surface area contributed by atoms with Gasteiger partial charge in [-0.2, -0.15) is 0 Å². The molecule has 0 aliphatic heterocycles. The van der Waals surface area contributed by atoms with Crippen molar-refractivity contribution in [2.45, 2.75) is 4.90 Å². The zero-order valence-corrected chi connectivity index (χ0v) is 11.4. The lowest BCUT2D eigenvalue weighted by Gasteiger charge is -2.08. The third-order valence-corrected chi connectivity index (χ3v) is 3.95. The molecule has 2 rings (SSSR count). The van der Waals surface area contributed by atoms with Gasteiger partial charge in [0, 0.05) is 16.9 Å². The van der Waals surface area contributed by atoms with Gasteiger partial charge in [-0.15, -0.1) is 0 Å². The smallest absolute Gasteiger partial charge is 0.266 e. The Balaban J connectivity index is 2.37. The monoisotopic (exact) mass is 328 g/mol. The van der Waals surface area contributed by atoms with Crippen LogP contribution in [0, 0.1) is 0 Å². The summed E-state index contributed by atoms with van der Waals surface area (Å²) in [5.41, 5.74) is 5.82. The molecule has 0 saturated heterocycles. The van der Waals surface area contributed by atoms with E-state index >= 15 is 0 Å². The van der Waals surface area contributed by atoms with Crippen molar-refractivity contribution < 1.29 is 8.42 Å². The number of nitrogen functional groups attached to an aromatic ring is 1. The number of nitrogens with zero attached hydrogens (tertiary/aromatic N) is 2. The predicted octanol–water partition coefficient (Wildman–Crippen LogP) is 1.62. The molecular weight excluding hydrogens is 320 g/mol. The first kappa shape index (κ1) is 12.8. The number of hydrogen-bond donors (Lipinski definition) is 2. The van der Waals surface area contributed by atoms with E-state index in [1.165, 1.54) is 24.5 Å². The number of anilines is 2.